The van der Waals surface area contributed by atoms with Crippen molar-refractivity contribution in [3.63, 3.8) is 0 Å². The van der Waals surface area contributed by atoms with Gasteiger partial charge in [0.2, 0.25) is 0 Å². The van der Waals surface area contributed by atoms with Crippen molar-refractivity contribution < 1.29 is 19.1 Å². The van der Waals surface area contributed by atoms with Gasteiger partial charge in [0.25, 0.3) is 0 Å². The molecule has 6 heteroatoms. The summed E-state index contributed by atoms with van der Waals surface area (Å²) >= 11 is 1.81. The number of hydrogen-bond acceptors (Lipinski definition) is 6. The first-order chi connectivity index (χ1) is 23.5. The van der Waals surface area contributed by atoms with E-state index < -0.39 is 11.9 Å². The van der Waals surface area contributed by atoms with E-state index in [0.717, 1.165) is 33.8 Å². The minimum absolute atomic E-state index is 0.294. The number of ether oxygens (including phenoxy) is 2. The van der Waals surface area contributed by atoms with Crippen molar-refractivity contribution in [3.8, 4) is 0 Å². The second-order valence-corrected chi connectivity index (χ2v) is 12.2. The zero-order chi connectivity index (χ0) is 33.3. The van der Waals surface area contributed by atoms with Crippen LogP contribution < -0.4 is 4.90 Å². The second kappa shape index (κ2) is 15.3. The molecule has 0 fully saturated rings. The van der Waals surface area contributed by atoms with Crippen LogP contribution in [0.3, 0.4) is 0 Å². The molecule has 5 nitrogen and oxygen atoms in total. The Labute approximate surface area is 285 Å². The zero-order valence-corrected chi connectivity index (χ0v) is 27.3. The Morgan fingerprint density at radius 2 is 1.00 bits per heavy atom. The minimum atomic E-state index is -0.421. The van der Waals surface area contributed by atoms with E-state index in [-0.39, 0.29) is 0 Å². The van der Waals surface area contributed by atoms with Crippen molar-refractivity contribution >= 4 is 52.4 Å². The maximum Gasteiger partial charge on any atom is 0.330 e. The number of carbonyl (C=O) groups is 2. The van der Waals surface area contributed by atoms with Crippen LogP contribution in [-0.4, -0.2) is 25.2 Å². The predicted molar refractivity (Wildman–Crippen MR) is 195 cm³/mol. The van der Waals surface area contributed by atoms with Gasteiger partial charge in [-0.3, -0.25) is 0 Å². The fourth-order valence-corrected chi connectivity index (χ4v) is 6.70. The van der Waals surface area contributed by atoms with E-state index in [4.69, 9.17) is 9.47 Å². The molecular weight excluding hydrogens is 615 g/mol. The Bertz CT molecular complexity index is 1840. The highest BCUT2D eigenvalue weighted by molar-refractivity contribution is 7.99. The molecule has 0 radical (unpaired) electrons. The van der Waals surface area contributed by atoms with Gasteiger partial charge in [0.15, 0.2) is 0 Å². The summed E-state index contributed by atoms with van der Waals surface area (Å²) in [5.74, 6) is -0.843. The molecule has 0 amide bonds. The maximum absolute atomic E-state index is 11.5. The molecule has 48 heavy (non-hydrogen) atoms. The highest BCUT2D eigenvalue weighted by Gasteiger charge is 2.20. The van der Waals surface area contributed by atoms with Gasteiger partial charge in [0, 0.05) is 51.8 Å². The van der Waals surface area contributed by atoms with Gasteiger partial charge in [-0.05, 0) is 88.0 Å². The second-order valence-electron chi connectivity index (χ2n) is 11.2. The van der Waals surface area contributed by atoms with Gasteiger partial charge >= 0.3 is 11.9 Å². The lowest BCUT2D eigenvalue weighted by atomic mass is 9.95. The van der Waals surface area contributed by atoms with Gasteiger partial charge < -0.3 is 14.4 Å². The summed E-state index contributed by atoms with van der Waals surface area (Å²) in [5.41, 5.74) is 9.93. The molecule has 5 aromatic rings. The molecule has 5 aromatic carbocycles. The average molecular weight is 650 g/mol. The molecule has 0 saturated carbocycles. The van der Waals surface area contributed by atoms with E-state index in [1.54, 1.807) is 0 Å². The predicted octanol–water partition coefficient (Wildman–Crippen LogP) is 9.75. The van der Waals surface area contributed by atoms with Crippen molar-refractivity contribution in [2.45, 2.75) is 22.6 Å². The van der Waals surface area contributed by atoms with E-state index in [1.165, 1.54) is 38.6 Å². The Hall–Kier alpha value is -5.59. The molecular formula is C42H35NO4S. The number of rotatable bonds is 12. The monoisotopic (exact) mass is 649 g/mol. The Morgan fingerprint density at radius 1 is 0.583 bits per heavy atom. The minimum Gasteiger partial charge on any atom is -0.462 e. The van der Waals surface area contributed by atoms with Gasteiger partial charge in [-0.1, -0.05) is 97.7 Å². The fraction of sp³-hybridized carbons (Fsp3) is 0.0952. The quantitative estimate of drug-likeness (QED) is 0.0972. The standard InChI is InChI=1S/C42H35NO4S/c1-3-41(44)46-27-25-30-13-19-33(20-14-30)43(34-21-15-31(16-22-34)26-28-47-42(45)4-2)35-23-17-32(18-24-35)29-38-36-9-5-7-11-39(36)48-40-12-8-6-10-37(38)40/h3-24,29H,1-2,25-28H2. The van der Waals surface area contributed by atoms with Crippen LogP contribution in [0.25, 0.3) is 11.6 Å². The van der Waals surface area contributed by atoms with Crippen molar-refractivity contribution in [2.24, 2.45) is 0 Å². The molecule has 1 heterocycles. The topological polar surface area (TPSA) is 55.8 Å². The summed E-state index contributed by atoms with van der Waals surface area (Å²) in [7, 11) is 0. The maximum atomic E-state index is 11.5. The normalized spacial score (nSPS) is 11.5. The number of fused-ring (bicyclic) bond motifs is 2. The van der Waals surface area contributed by atoms with E-state index in [0.29, 0.717) is 26.1 Å². The van der Waals surface area contributed by atoms with Crippen molar-refractivity contribution in [1.82, 2.24) is 0 Å². The van der Waals surface area contributed by atoms with Crippen LogP contribution in [0.5, 0.6) is 0 Å². The third-order valence-electron chi connectivity index (χ3n) is 8.03. The molecule has 0 atom stereocenters. The molecule has 0 aromatic heterocycles. The van der Waals surface area contributed by atoms with Crippen LogP contribution in [0, 0.1) is 0 Å². The smallest absolute Gasteiger partial charge is 0.330 e. The van der Waals surface area contributed by atoms with E-state index in [1.807, 2.05) is 11.8 Å². The Balaban J connectivity index is 1.29. The van der Waals surface area contributed by atoms with Gasteiger partial charge in [-0.15, -0.1) is 0 Å². The van der Waals surface area contributed by atoms with Crippen LogP contribution in [0.1, 0.15) is 27.8 Å². The molecule has 0 aliphatic carbocycles. The van der Waals surface area contributed by atoms with Crippen LogP contribution in [0.2, 0.25) is 0 Å². The van der Waals surface area contributed by atoms with Gasteiger partial charge in [0.05, 0.1) is 13.2 Å². The number of benzene rings is 5. The SMILES string of the molecule is C=CC(=O)OCCc1ccc(N(c2ccc(C=C3c4ccccc4Sc4ccccc43)cc2)c2ccc(CCOC(=O)C=C)cc2)cc1. The molecule has 0 saturated heterocycles. The van der Waals surface area contributed by atoms with Crippen LogP contribution in [0.15, 0.2) is 156 Å². The number of nitrogens with zero attached hydrogens (tertiary/aromatic N) is 1. The first-order valence-corrected chi connectivity index (χ1v) is 16.6. The zero-order valence-electron chi connectivity index (χ0n) is 26.5. The summed E-state index contributed by atoms with van der Waals surface area (Å²) < 4.78 is 10.3. The van der Waals surface area contributed by atoms with E-state index in [2.05, 4.69) is 145 Å². The van der Waals surface area contributed by atoms with Crippen molar-refractivity contribution in [1.29, 1.82) is 0 Å². The molecule has 238 valence electrons. The van der Waals surface area contributed by atoms with Gasteiger partial charge in [0.1, 0.15) is 0 Å². The lowest BCUT2D eigenvalue weighted by Crippen LogP contribution is -2.10. The highest BCUT2D eigenvalue weighted by atomic mass is 32.2. The molecule has 0 N–H and O–H groups in total. The van der Waals surface area contributed by atoms with E-state index >= 15 is 0 Å². The van der Waals surface area contributed by atoms with Crippen LogP contribution in [0.4, 0.5) is 17.1 Å². The number of hydrogen-bond donors (Lipinski definition) is 0. The Morgan fingerprint density at radius 3 is 1.44 bits per heavy atom. The molecule has 0 bridgehead atoms. The largest absolute Gasteiger partial charge is 0.462 e. The van der Waals surface area contributed by atoms with Crippen LogP contribution in [-0.2, 0) is 31.9 Å². The summed E-state index contributed by atoms with van der Waals surface area (Å²) in [6.07, 6.45) is 5.84. The lowest BCUT2D eigenvalue weighted by molar-refractivity contribution is -0.138. The summed E-state index contributed by atoms with van der Waals surface area (Å²) in [6, 6.07) is 42.3. The summed E-state index contributed by atoms with van der Waals surface area (Å²) in [4.78, 5) is 27.6. The Kier molecular flexibility index (Phi) is 10.3. The lowest BCUT2D eigenvalue weighted by Gasteiger charge is -2.26. The number of anilines is 3. The average Bonchev–Trinajstić information content (AvgIpc) is 3.13. The molecule has 1 aliphatic heterocycles. The first-order valence-electron chi connectivity index (χ1n) is 15.8. The molecule has 1 aliphatic rings. The first kappa shape index (κ1) is 32.4. The number of carbonyl (C=O) groups excluding carboxylic acids is 2. The van der Waals surface area contributed by atoms with Crippen molar-refractivity contribution in [3.05, 3.63) is 174 Å². The third kappa shape index (κ3) is 7.68. The van der Waals surface area contributed by atoms with Gasteiger partial charge in [-0.2, -0.15) is 0 Å². The molecule has 0 spiro atoms. The van der Waals surface area contributed by atoms with Crippen molar-refractivity contribution in [2.75, 3.05) is 18.1 Å². The van der Waals surface area contributed by atoms with E-state index in [9.17, 15) is 9.59 Å². The molecule has 6 rings (SSSR count). The fourth-order valence-electron chi connectivity index (χ4n) is 5.59. The van der Waals surface area contributed by atoms with Crippen LogP contribution >= 0.6 is 11.8 Å². The van der Waals surface area contributed by atoms with Gasteiger partial charge in [-0.25, -0.2) is 9.59 Å². The molecule has 0 unspecified atom stereocenters. The summed E-state index contributed by atoms with van der Waals surface area (Å²) in [6.45, 7) is 7.49. The number of esters is 2. The highest BCUT2D eigenvalue weighted by Crippen LogP contribution is 2.46. The summed E-state index contributed by atoms with van der Waals surface area (Å²) in [5, 5.41) is 0. The third-order valence-corrected chi connectivity index (χ3v) is 9.18.